The Hall–Kier alpha value is -3.52. The Morgan fingerprint density at radius 1 is 0.971 bits per heavy atom. The highest BCUT2D eigenvalue weighted by molar-refractivity contribution is 6.01. The van der Waals surface area contributed by atoms with E-state index in [0.717, 1.165) is 43.7 Å². The van der Waals surface area contributed by atoms with Crippen LogP contribution in [-0.2, 0) is 11.3 Å². The zero-order chi connectivity index (χ0) is 24.5. The summed E-state index contributed by atoms with van der Waals surface area (Å²) >= 11 is 0. The average Bonchev–Trinajstić information content (AvgIpc) is 3.24. The maximum atomic E-state index is 13.8. The number of likely N-dealkylation sites (N-methyl/N-ethyl adjacent to an activating group) is 1. The SMILES string of the molecule is COc1cc(OC)cc(C2NC(=O)N(C)C3=C2C(=O)N(C2CCN(Cc4ccccc4)CC2)C3)c1. The number of nitrogens with one attached hydrogen (secondary N) is 1. The van der Waals surface area contributed by atoms with E-state index >= 15 is 0 Å². The maximum Gasteiger partial charge on any atom is 0.322 e. The molecule has 184 valence electrons. The van der Waals surface area contributed by atoms with Crippen molar-refractivity contribution < 1.29 is 19.1 Å². The molecule has 0 aromatic heterocycles. The molecule has 3 aliphatic heterocycles. The molecule has 1 fully saturated rings. The summed E-state index contributed by atoms with van der Waals surface area (Å²) < 4.78 is 10.8. The third kappa shape index (κ3) is 4.46. The molecule has 1 N–H and O–H groups in total. The van der Waals surface area contributed by atoms with Crippen LogP contribution in [0.1, 0.15) is 30.0 Å². The van der Waals surface area contributed by atoms with Crippen LogP contribution in [0, 0.1) is 0 Å². The first-order valence-electron chi connectivity index (χ1n) is 12.1. The van der Waals surface area contributed by atoms with Crippen LogP contribution in [0.25, 0.3) is 0 Å². The van der Waals surface area contributed by atoms with Crippen LogP contribution in [0.3, 0.4) is 0 Å². The molecular formula is C27H32N4O4. The number of ether oxygens (including phenoxy) is 2. The van der Waals surface area contributed by atoms with Crippen molar-refractivity contribution in [3.8, 4) is 11.5 Å². The fraction of sp³-hybridized carbons (Fsp3) is 0.407. The van der Waals surface area contributed by atoms with E-state index in [0.29, 0.717) is 23.6 Å². The summed E-state index contributed by atoms with van der Waals surface area (Å²) in [6, 6.07) is 15.4. The quantitative estimate of drug-likeness (QED) is 0.693. The molecule has 0 aliphatic carbocycles. The second-order valence-electron chi connectivity index (χ2n) is 9.37. The number of amides is 3. The standard InChI is InChI=1S/C27H32N4O4/c1-29-23-17-31(20-9-11-30(12-10-20)16-18-7-5-4-6-8-18)26(32)24(23)25(28-27(29)33)19-13-21(34-2)15-22(14-19)35-3/h4-8,13-15,20,25H,9-12,16-17H2,1-3H3,(H,28,33). The molecule has 3 amide bonds. The molecule has 5 rings (SSSR count). The van der Waals surface area contributed by atoms with Gasteiger partial charge < -0.3 is 19.7 Å². The molecule has 8 heteroatoms. The van der Waals surface area contributed by atoms with E-state index in [1.165, 1.54) is 5.56 Å². The van der Waals surface area contributed by atoms with E-state index < -0.39 is 6.04 Å². The van der Waals surface area contributed by atoms with Crippen molar-refractivity contribution in [3.63, 3.8) is 0 Å². The van der Waals surface area contributed by atoms with Crippen molar-refractivity contribution in [1.29, 1.82) is 0 Å². The number of likely N-dealkylation sites (tertiary alicyclic amines) is 1. The normalized spacial score (nSPS) is 21.3. The van der Waals surface area contributed by atoms with Crippen LogP contribution in [-0.4, -0.2) is 73.6 Å². The molecular weight excluding hydrogens is 444 g/mol. The summed E-state index contributed by atoms with van der Waals surface area (Å²) in [5, 5.41) is 3.01. The molecule has 3 heterocycles. The zero-order valence-corrected chi connectivity index (χ0v) is 20.5. The minimum absolute atomic E-state index is 0.000135. The van der Waals surface area contributed by atoms with Crippen molar-refractivity contribution >= 4 is 11.9 Å². The van der Waals surface area contributed by atoms with Gasteiger partial charge in [0.25, 0.3) is 5.91 Å². The summed E-state index contributed by atoms with van der Waals surface area (Å²) in [4.78, 5) is 32.6. The molecule has 1 atom stereocenters. The van der Waals surface area contributed by atoms with E-state index in [-0.39, 0.29) is 18.0 Å². The van der Waals surface area contributed by atoms with Gasteiger partial charge in [0.2, 0.25) is 0 Å². The van der Waals surface area contributed by atoms with Gasteiger partial charge in [-0.1, -0.05) is 30.3 Å². The van der Waals surface area contributed by atoms with Crippen molar-refractivity contribution in [2.45, 2.75) is 31.5 Å². The molecule has 1 saturated heterocycles. The van der Waals surface area contributed by atoms with Crippen molar-refractivity contribution in [2.24, 2.45) is 0 Å². The smallest absolute Gasteiger partial charge is 0.322 e. The minimum atomic E-state index is -0.548. The first kappa shape index (κ1) is 23.2. The second-order valence-corrected chi connectivity index (χ2v) is 9.37. The van der Waals surface area contributed by atoms with Gasteiger partial charge >= 0.3 is 6.03 Å². The van der Waals surface area contributed by atoms with Crippen molar-refractivity contribution in [1.82, 2.24) is 20.0 Å². The van der Waals surface area contributed by atoms with Crippen LogP contribution >= 0.6 is 0 Å². The highest BCUT2D eigenvalue weighted by atomic mass is 16.5. The number of hydrogen-bond acceptors (Lipinski definition) is 5. The van der Waals surface area contributed by atoms with E-state index in [2.05, 4.69) is 34.5 Å². The summed E-state index contributed by atoms with van der Waals surface area (Å²) in [5.41, 5.74) is 3.48. The van der Waals surface area contributed by atoms with E-state index in [1.807, 2.05) is 23.1 Å². The Labute approximate surface area is 206 Å². The Bertz CT molecular complexity index is 1120. The van der Waals surface area contributed by atoms with E-state index in [1.54, 1.807) is 32.2 Å². The van der Waals surface area contributed by atoms with Gasteiger partial charge in [0.15, 0.2) is 0 Å². The summed E-state index contributed by atoms with van der Waals surface area (Å²) in [6.45, 7) is 3.27. The summed E-state index contributed by atoms with van der Waals surface area (Å²) in [7, 11) is 4.90. The lowest BCUT2D eigenvalue weighted by atomic mass is 9.95. The average molecular weight is 477 g/mol. The molecule has 2 aromatic rings. The minimum Gasteiger partial charge on any atom is -0.497 e. The molecule has 2 aromatic carbocycles. The number of urea groups is 1. The van der Waals surface area contributed by atoms with E-state index in [9.17, 15) is 9.59 Å². The highest BCUT2D eigenvalue weighted by Crippen LogP contribution is 2.39. The largest absolute Gasteiger partial charge is 0.497 e. The summed E-state index contributed by atoms with van der Waals surface area (Å²) in [6.07, 6.45) is 1.84. The number of carbonyl (C=O) groups is 2. The van der Waals surface area contributed by atoms with Gasteiger partial charge in [-0.25, -0.2) is 4.79 Å². The van der Waals surface area contributed by atoms with Gasteiger partial charge in [-0.2, -0.15) is 0 Å². The molecule has 8 nitrogen and oxygen atoms in total. The van der Waals surface area contributed by atoms with Gasteiger partial charge in [-0.05, 0) is 36.1 Å². The van der Waals surface area contributed by atoms with Crippen molar-refractivity contribution in [3.05, 3.63) is 70.9 Å². The topological polar surface area (TPSA) is 74.3 Å². The molecule has 35 heavy (non-hydrogen) atoms. The van der Waals surface area contributed by atoms with Gasteiger partial charge in [0.1, 0.15) is 11.5 Å². The van der Waals surface area contributed by atoms with Crippen LogP contribution in [0.4, 0.5) is 4.79 Å². The predicted molar refractivity (Wildman–Crippen MR) is 132 cm³/mol. The van der Waals surface area contributed by atoms with Gasteiger partial charge in [-0.3, -0.25) is 14.6 Å². The third-order valence-electron chi connectivity index (χ3n) is 7.34. The molecule has 0 spiro atoms. The van der Waals surface area contributed by atoms with Gasteiger partial charge in [0, 0.05) is 38.8 Å². The predicted octanol–water partition coefficient (Wildman–Crippen LogP) is 3.16. The molecule has 0 bridgehead atoms. The number of piperidine rings is 1. The maximum absolute atomic E-state index is 13.8. The first-order chi connectivity index (χ1) is 17.0. The lowest BCUT2D eigenvalue weighted by molar-refractivity contribution is -0.128. The summed E-state index contributed by atoms with van der Waals surface area (Å²) in [5.74, 6) is 1.23. The van der Waals surface area contributed by atoms with Gasteiger partial charge in [-0.15, -0.1) is 0 Å². The van der Waals surface area contributed by atoms with Crippen LogP contribution in [0.2, 0.25) is 0 Å². The Kier molecular flexibility index (Phi) is 6.38. The highest BCUT2D eigenvalue weighted by Gasteiger charge is 2.45. The number of rotatable bonds is 6. The number of nitrogens with zero attached hydrogens (tertiary/aromatic N) is 3. The molecule has 0 saturated carbocycles. The van der Waals surface area contributed by atoms with Crippen LogP contribution in [0.5, 0.6) is 11.5 Å². The number of methoxy groups -OCH3 is 2. The Morgan fingerprint density at radius 3 is 2.26 bits per heavy atom. The molecule has 1 unspecified atom stereocenters. The van der Waals surface area contributed by atoms with Gasteiger partial charge in [0.05, 0.1) is 38.1 Å². The van der Waals surface area contributed by atoms with E-state index in [4.69, 9.17) is 9.47 Å². The lowest BCUT2D eigenvalue weighted by Crippen LogP contribution is -2.46. The monoisotopic (exact) mass is 476 g/mol. The lowest BCUT2D eigenvalue weighted by Gasteiger charge is -2.37. The Balaban J connectivity index is 1.34. The fourth-order valence-electron chi connectivity index (χ4n) is 5.36. The number of hydrogen-bond donors (Lipinski definition) is 1. The molecule has 0 radical (unpaired) electrons. The Morgan fingerprint density at radius 2 is 1.63 bits per heavy atom. The van der Waals surface area contributed by atoms with Crippen LogP contribution in [0.15, 0.2) is 59.8 Å². The van der Waals surface area contributed by atoms with Crippen LogP contribution < -0.4 is 14.8 Å². The zero-order valence-electron chi connectivity index (χ0n) is 20.5. The van der Waals surface area contributed by atoms with Crippen molar-refractivity contribution in [2.75, 3.05) is 40.9 Å². The first-order valence-corrected chi connectivity index (χ1v) is 12.1. The number of carbonyl (C=O) groups excluding carboxylic acids is 2. The third-order valence-corrected chi connectivity index (χ3v) is 7.34. The molecule has 3 aliphatic rings. The number of benzene rings is 2. The second kappa shape index (κ2) is 9.62. The fourth-order valence-corrected chi connectivity index (χ4v) is 5.36.